The molecule has 0 aromatic heterocycles. The van der Waals surface area contributed by atoms with Crippen molar-refractivity contribution < 1.29 is 9.53 Å². The molecule has 1 aliphatic heterocycles. The van der Waals surface area contributed by atoms with Gasteiger partial charge in [-0.15, -0.1) is 11.8 Å². The summed E-state index contributed by atoms with van der Waals surface area (Å²) in [5, 5.41) is 3.71. The quantitative estimate of drug-likeness (QED) is 0.668. The van der Waals surface area contributed by atoms with Gasteiger partial charge in [0.05, 0.1) is 7.11 Å². The molecule has 0 bridgehead atoms. The first-order chi connectivity index (χ1) is 9.60. The van der Waals surface area contributed by atoms with Crippen LogP contribution in [-0.2, 0) is 9.53 Å². The highest BCUT2D eigenvalue weighted by Gasteiger charge is 2.28. The zero-order valence-electron chi connectivity index (χ0n) is 11.6. The molecule has 1 saturated heterocycles. The Bertz CT molecular complexity index is 490. The Morgan fingerprint density at radius 1 is 1.45 bits per heavy atom. The molecule has 0 spiro atoms. The molecule has 6 heteroatoms. The number of nitrogens with zero attached hydrogens (tertiary/aromatic N) is 1. The second-order valence-electron chi connectivity index (χ2n) is 4.62. The summed E-state index contributed by atoms with van der Waals surface area (Å²) in [7, 11) is 1.42. The van der Waals surface area contributed by atoms with Crippen molar-refractivity contribution in [3.8, 4) is 0 Å². The van der Waals surface area contributed by atoms with E-state index in [2.05, 4.69) is 5.32 Å². The molecule has 20 heavy (non-hydrogen) atoms. The number of rotatable bonds is 2. The van der Waals surface area contributed by atoms with E-state index in [0.29, 0.717) is 11.7 Å². The molecule has 0 amide bonds. The fourth-order valence-corrected chi connectivity index (χ4v) is 3.36. The third-order valence-electron chi connectivity index (χ3n) is 3.12. The van der Waals surface area contributed by atoms with Crippen LogP contribution in [0.4, 0.5) is 5.69 Å². The lowest BCUT2D eigenvalue weighted by molar-refractivity contribution is -0.140. The third kappa shape index (κ3) is 3.86. The smallest absolute Gasteiger partial charge is 0.320 e. The lowest BCUT2D eigenvalue weighted by Gasteiger charge is -2.33. The van der Waals surface area contributed by atoms with E-state index in [4.69, 9.17) is 17.0 Å². The first-order valence-electron chi connectivity index (χ1n) is 6.42. The number of benzene rings is 1. The van der Waals surface area contributed by atoms with Crippen LogP contribution in [-0.4, -0.2) is 47.2 Å². The highest BCUT2D eigenvalue weighted by Crippen LogP contribution is 2.20. The maximum Gasteiger partial charge on any atom is 0.320 e. The van der Waals surface area contributed by atoms with Gasteiger partial charge in [-0.1, -0.05) is 17.7 Å². The minimum Gasteiger partial charge on any atom is -0.468 e. The minimum absolute atomic E-state index is 0.161. The Hall–Kier alpha value is -1.27. The number of thioether (sulfide) groups is 1. The summed E-state index contributed by atoms with van der Waals surface area (Å²) in [5.41, 5.74) is 2.18. The standard InChI is InChI=1S/C14H18N2O2S2/c1-10-3-5-11(6-4-10)15-14(19)16-7-8-20-12(9-16)13(17)18-2/h3-6,12H,7-9H2,1-2H3,(H,15,19)/t12-/m0/s1. The van der Waals surface area contributed by atoms with Crippen molar-refractivity contribution in [2.24, 2.45) is 0 Å². The Kier molecular flexibility index (Phi) is 5.25. The monoisotopic (exact) mass is 310 g/mol. The normalized spacial score (nSPS) is 18.5. The minimum atomic E-state index is -0.183. The number of esters is 1. The van der Waals surface area contributed by atoms with E-state index in [1.807, 2.05) is 36.1 Å². The van der Waals surface area contributed by atoms with Crippen molar-refractivity contribution in [2.45, 2.75) is 12.2 Å². The highest BCUT2D eigenvalue weighted by atomic mass is 32.2. The number of anilines is 1. The molecule has 0 saturated carbocycles. The summed E-state index contributed by atoms with van der Waals surface area (Å²) in [4.78, 5) is 13.6. The molecule has 0 aliphatic carbocycles. The van der Waals surface area contributed by atoms with Gasteiger partial charge in [0.25, 0.3) is 0 Å². The van der Waals surface area contributed by atoms with Gasteiger partial charge in [-0.05, 0) is 31.3 Å². The second-order valence-corrected chi connectivity index (χ2v) is 6.32. The molecule has 1 aliphatic rings. The SMILES string of the molecule is COC(=O)[C@@H]1CN(C(=S)Nc2ccc(C)cc2)CCS1. The van der Waals surface area contributed by atoms with Crippen molar-refractivity contribution in [3.63, 3.8) is 0 Å². The topological polar surface area (TPSA) is 41.6 Å². The number of ether oxygens (including phenoxy) is 1. The zero-order chi connectivity index (χ0) is 14.5. The number of carbonyl (C=O) groups excluding carboxylic acids is 1. The van der Waals surface area contributed by atoms with E-state index < -0.39 is 0 Å². The molecular weight excluding hydrogens is 292 g/mol. The van der Waals surface area contributed by atoms with Gasteiger partial charge < -0.3 is 15.0 Å². The Morgan fingerprint density at radius 3 is 2.80 bits per heavy atom. The lowest BCUT2D eigenvalue weighted by Crippen LogP contribution is -2.46. The number of nitrogens with one attached hydrogen (secondary N) is 1. The molecule has 4 nitrogen and oxygen atoms in total. The van der Waals surface area contributed by atoms with Gasteiger partial charge in [0.1, 0.15) is 5.25 Å². The Balaban J connectivity index is 1.95. The Labute approximate surface area is 128 Å². The number of hydrogen-bond acceptors (Lipinski definition) is 4. The van der Waals surface area contributed by atoms with E-state index >= 15 is 0 Å². The fourth-order valence-electron chi connectivity index (χ4n) is 1.95. The van der Waals surface area contributed by atoms with Crippen LogP contribution < -0.4 is 5.32 Å². The first-order valence-corrected chi connectivity index (χ1v) is 7.88. The summed E-state index contributed by atoms with van der Waals surface area (Å²) in [6.07, 6.45) is 0. The number of thiocarbonyl (C=S) groups is 1. The van der Waals surface area contributed by atoms with Crippen LogP contribution in [0.1, 0.15) is 5.56 Å². The molecule has 108 valence electrons. The van der Waals surface area contributed by atoms with Crippen molar-refractivity contribution in [1.82, 2.24) is 4.90 Å². The molecule has 1 aromatic rings. The molecule has 0 radical (unpaired) electrons. The summed E-state index contributed by atoms with van der Waals surface area (Å²) < 4.78 is 4.80. The molecule has 1 aromatic carbocycles. The number of hydrogen-bond donors (Lipinski definition) is 1. The molecule has 0 unspecified atom stereocenters. The summed E-state index contributed by atoms with van der Waals surface area (Å²) in [6, 6.07) is 8.07. The van der Waals surface area contributed by atoms with Crippen molar-refractivity contribution in [2.75, 3.05) is 31.3 Å². The highest BCUT2D eigenvalue weighted by molar-refractivity contribution is 8.00. The number of methoxy groups -OCH3 is 1. The van der Waals surface area contributed by atoms with Gasteiger partial charge in [-0.25, -0.2) is 0 Å². The van der Waals surface area contributed by atoms with Crippen LogP contribution in [0.3, 0.4) is 0 Å². The lowest BCUT2D eigenvalue weighted by atomic mass is 10.2. The fraction of sp³-hybridized carbons (Fsp3) is 0.429. The number of aryl methyl sites for hydroxylation is 1. The van der Waals surface area contributed by atoms with Gasteiger partial charge in [0.2, 0.25) is 0 Å². The van der Waals surface area contributed by atoms with E-state index in [1.165, 1.54) is 12.7 Å². The molecule has 1 heterocycles. The summed E-state index contributed by atoms with van der Waals surface area (Å²) in [5.74, 6) is 0.688. The predicted octanol–water partition coefficient (Wildman–Crippen LogP) is 2.28. The Morgan fingerprint density at radius 2 is 2.15 bits per heavy atom. The average molecular weight is 310 g/mol. The van der Waals surface area contributed by atoms with Gasteiger partial charge in [0.15, 0.2) is 5.11 Å². The molecular formula is C14H18N2O2S2. The molecule has 1 N–H and O–H groups in total. The van der Waals surface area contributed by atoms with Crippen LogP contribution in [0.15, 0.2) is 24.3 Å². The largest absolute Gasteiger partial charge is 0.468 e. The van der Waals surface area contributed by atoms with Gasteiger partial charge in [-0.3, -0.25) is 4.79 Å². The first kappa shape index (κ1) is 15.1. The van der Waals surface area contributed by atoms with E-state index in [0.717, 1.165) is 18.0 Å². The molecule has 1 fully saturated rings. The van der Waals surface area contributed by atoms with E-state index in [-0.39, 0.29) is 11.2 Å². The van der Waals surface area contributed by atoms with Crippen LogP contribution in [0.25, 0.3) is 0 Å². The summed E-state index contributed by atoms with van der Waals surface area (Å²) in [6.45, 7) is 3.48. The van der Waals surface area contributed by atoms with E-state index in [1.54, 1.807) is 11.8 Å². The van der Waals surface area contributed by atoms with Crippen LogP contribution >= 0.6 is 24.0 Å². The second kappa shape index (κ2) is 6.95. The maximum absolute atomic E-state index is 11.6. The molecule has 1 atom stereocenters. The molecule has 2 rings (SSSR count). The predicted molar refractivity (Wildman–Crippen MR) is 87.2 cm³/mol. The summed E-state index contributed by atoms with van der Waals surface area (Å²) >= 11 is 7.04. The van der Waals surface area contributed by atoms with Gasteiger partial charge >= 0.3 is 5.97 Å². The average Bonchev–Trinajstić information content (AvgIpc) is 2.49. The van der Waals surface area contributed by atoms with Gasteiger partial charge in [0, 0.05) is 24.5 Å². The van der Waals surface area contributed by atoms with Crippen LogP contribution in [0.2, 0.25) is 0 Å². The third-order valence-corrected chi connectivity index (χ3v) is 4.64. The van der Waals surface area contributed by atoms with Crippen molar-refractivity contribution >= 4 is 40.7 Å². The van der Waals surface area contributed by atoms with Crippen LogP contribution in [0.5, 0.6) is 0 Å². The van der Waals surface area contributed by atoms with Crippen molar-refractivity contribution in [3.05, 3.63) is 29.8 Å². The van der Waals surface area contributed by atoms with E-state index in [9.17, 15) is 4.79 Å². The van der Waals surface area contributed by atoms with Crippen molar-refractivity contribution in [1.29, 1.82) is 0 Å². The maximum atomic E-state index is 11.6. The van der Waals surface area contributed by atoms with Crippen LogP contribution in [0, 0.1) is 6.92 Å². The zero-order valence-corrected chi connectivity index (χ0v) is 13.2. The number of carbonyl (C=O) groups is 1. The van der Waals surface area contributed by atoms with Gasteiger partial charge in [-0.2, -0.15) is 0 Å².